The van der Waals surface area contributed by atoms with Crippen molar-refractivity contribution in [2.24, 2.45) is 5.92 Å². The van der Waals surface area contributed by atoms with Crippen LogP contribution >= 0.6 is 11.6 Å². The molecule has 0 N–H and O–H groups in total. The van der Waals surface area contributed by atoms with Gasteiger partial charge in [0.15, 0.2) is 0 Å². The molecule has 1 amide bonds. The number of likely N-dealkylation sites (tertiary alicyclic amines) is 1. The van der Waals surface area contributed by atoms with Crippen LogP contribution in [0.25, 0.3) is 0 Å². The SMILES string of the molecule is CCOCC[C@@H]1CCOC12CCN(C(=O)c1ccc(F)c(Cl)c1)CC2. The number of hydrogen-bond donors (Lipinski definition) is 0. The van der Waals surface area contributed by atoms with Gasteiger partial charge in [0, 0.05) is 38.5 Å². The number of carbonyl (C=O) groups excluding carboxylic acids is 1. The second kappa shape index (κ2) is 8.02. The Hall–Kier alpha value is -1.17. The summed E-state index contributed by atoms with van der Waals surface area (Å²) in [5.41, 5.74) is 0.316. The number of rotatable bonds is 5. The normalized spacial score (nSPS) is 22.5. The average molecular weight is 370 g/mol. The van der Waals surface area contributed by atoms with Crippen LogP contribution in [-0.2, 0) is 9.47 Å². The van der Waals surface area contributed by atoms with E-state index in [2.05, 4.69) is 0 Å². The molecule has 6 heteroatoms. The van der Waals surface area contributed by atoms with Gasteiger partial charge in [0.05, 0.1) is 10.6 Å². The average Bonchev–Trinajstić information content (AvgIpc) is 3.00. The van der Waals surface area contributed by atoms with Gasteiger partial charge in [-0.15, -0.1) is 0 Å². The van der Waals surface area contributed by atoms with Gasteiger partial charge < -0.3 is 14.4 Å². The highest BCUT2D eigenvalue weighted by Gasteiger charge is 2.46. The van der Waals surface area contributed by atoms with E-state index in [0.717, 1.165) is 45.5 Å². The minimum atomic E-state index is -0.507. The molecule has 0 aliphatic carbocycles. The Labute approximate surface area is 153 Å². The quantitative estimate of drug-likeness (QED) is 0.738. The number of carbonyl (C=O) groups is 1. The van der Waals surface area contributed by atoms with Crippen LogP contribution in [0.15, 0.2) is 18.2 Å². The summed E-state index contributed by atoms with van der Waals surface area (Å²) in [6.07, 6.45) is 3.75. The first-order valence-electron chi connectivity index (χ1n) is 9.02. The summed E-state index contributed by atoms with van der Waals surface area (Å²) >= 11 is 5.80. The first-order chi connectivity index (χ1) is 12.1. The zero-order chi connectivity index (χ0) is 17.9. The van der Waals surface area contributed by atoms with E-state index in [1.165, 1.54) is 18.2 Å². The van der Waals surface area contributed by atoms with Crippen molar-refractivity contribution in [3.8, 4) is 0 Å². The third-order valence-electron chi connectivity index (χ3n) is 5.48. The fourth-order valence-electron chi connectivity index (χ4n) is 4.02. The molecule has 138 valence electrons. The zero-order valence-corrected chi connectivity index (χ0v) is 15.4. The molecule has 3 rings (SSSR count). The number of halogens is 2. The van der Waals surface area contributed by atoms with Crippen LogP contribution in [-0.4, -0.2) is 49.3 Å². The minimum Gasteiger partial charge on any atom is -0.382 e. The van der Waals surface area contributed by atoms with Gasteiger partial charge in [-0.25, -0.2) is 4.39 Å². The van der Waals surface area contributed by atoms with Crippen LogP contribution in [0.4, 0.5) is 4.39 Å². The summed E-state index contributed by atoms with van der Waals surface area (Å²) in [4.78, 5) is 14.5. The van der Waals surface area contributed by atoms with Gasteiger partial charge >= 0.3 is 0 Å². The van der Waals surface area contributed by atoms with Crippen molar-refractivity contribution in [3.63, 3.8) is 0 Å². The van der Waals surface area contributed by atoms with Crippen molar-refractivity contribution in [1.29, 1.82) is 0 Å². The van der Waals surface area contributed by atoms with Crippen LogP contribution in [0.5, 0.6) is 0 Å². The summed E-state index contributed by atoms with van der Waals surface area (Å²) in [7, 11) is 0. The molecule has 2 fully saturated rings. The van der Waals surface area contributed by atoms with Gasteiger partial charge in [0.1, 0.15) is 5.82 Å². The molecule has 1 aromatic carbocycles. The molecule has 2 heterocycles. The molecule has 0 saturated carbocycles. The Bertz CT molecular complexity index is 617. The smallest absolute Gasteiger partial charge is 0.253 e. The lowest BCUT2D eigenvalue weighted by atomic mass is 9.78. The number of nitrogens with zero attached hydrogens (tertiary/aromatic N) is 1. The Balaban J connectivity index is 1.60. The van der Waals surface area contributed by atoms with E-state index in [-0.39, 0.29) is 16.5 Å². The molecule has 2 aliphatic rings. The Morgan fingerprint density at radius 1 is 1.44 bits per heavy atom. The van der Waals surface area contributed by atoms with Gasteiger partial charge in [0.2, 0.25) is 0 Å². The molecule has 0 bridgehead atoms. The summed E-state index contributed by atoms with van der Waals surface area (Å²) < 4.78 is 24.9. The maximum atomic E-state index is 13.3. The predicted octanol–water partition coefficient (Wildman–Crippen LogP) is 3.92. The molecule has 1 atom stereocenters. The van der Waals surface area contributed by atoms with Gasteiger partial charge in [-0.1, -0.05) is 11.6 Å². The van der Waals surface area contributed by atoms with E-state index in [4.69, 9.17) is 21.1 Å². The van der Waals surface area contributed by atoms with Crippen LogP contribution in [0.3, 0.4) is 0 Å². The lowest BCUT2D eigenvalue weighted by molar-refractivity contribution is -0.0669. The van der Waals surface area contributed by atoms with Crippen molar-refractivity contribution in [1.82, 2.24) is 4.90 Å². The van der Waals surface area contributed by atoms with Gasteiger partial charge in [-0.2, -0.15) is 0 Å². The Morgan fingerprint density at radius 3 is 2.88 bits per heavy atom. The van der Waals surface area contributed by atoms with E-state index >= 15 is 0 Å². The van der Waals surface area contributed by atoms with Crippen molar-refractivity contribution < 1.29 is 18.7 Å². The molecule has 0 aromatic heterocycles. The molecular weight excluding hydrogens is 345 g/mol. The van der Waals surface area contributed by atoms with Gasteiger partial charge in [-0.3, -0.25) is 4.79 Å². The topological polar surface area (TPSA) is 38.8 Å². The van der Waals surface area contributed by atoms with Crippen molar-refractivity contribution >= 4 is 17.5 Å². The van der Waals surface area contributed by atoms with Gasteiger partial charge in [0.25, 0.3) is 5.91 Å². The van der Waals surface area contributed by atoms with E-state index in [1.54, 1.807) is 0 Å². The fourth-order valence-corrected chi connectivity index (χ4v) is 4.20. The monoisotopic (exact) mass is 369 g/mol. The van der Waals surface area contributed by atoms with Crippen LogP contribution in [0.2, 0.25) is 5.02 Å². The van der Waals surface area contributed by atoms with Crippen molar-refractivity contribution in [2.75, 3.05) is 32.9 Å². The van der Waals surface area contributed by atoms with Crippen molar-refractivity contribution in [2.45, 2.75) is 38.2 Å². The Kier molecular flexibility index (Phi) is 5.97. The Morgan fingerprint density at radius 2 is 2.20 bits per heavy atom. The first-order valence-corrected chi connectivity index (χ1v) is 9.39. The molecule has 2 aliphatic heterocycles. The molecule has 1 spiro atoms. The number of amides is 1. The van der Waals surface area contributed by atoms with E-state index in [0.29, 0.717) is 24.6 Å². The fraction of sp³-hybridized carbons (Fsp3) is 0.632. The summed E-state index contributed by atoms with van der Waals surface area (Å²) in [6.45, 7) is 5.61. The third-order valence-corrected chi connectivity index (χ3v) is 5.77. The van der Waals surface area contributed by atoms with Crippen LogP contribution in [0, 0.1) is 11.7 Å². The first kappa shape index (κ1) is 18.6. The van der Waals surface area contributed by atoms with Crippen LogP contribution in [0.1, 0.15) is 43.0 Å². The summed E-state index contributed by atoms with van der Waals surface area (Å²) in [6, 6.07) is 4.14. The highest BCUT2D eigenvalue weighted by Crippen LogP contribution is 2.42. The predicted molar refractivity (Wildman–Crippen MR) is 94.4 cm³/mol. The standard InChI is InChI=1S/C19H25ClFNO3/c1-2-24-11-5-15-6-12-25-19(15)7-9-22(10-8-19)18(23)14-3-4-17(21)16(20)13-14/h3-4,13,15H,2,5-12H2,1H3/t15-/m1/s1. The van der Waals surface area contributed by atoms with E-state index in [1.807, 2.05) is 11.8 Å². The second-order valence-corrected chi connectivity index (χ2v) is 7.21. The molecular formula is C19H25ClFNO3. The third kappa shape index (κ3) is 3.99. The largest absolute Gasteiger partial charge is 0.382 e. The molecule has 0 radical (unpaired) electrons. The molecule has 4 nitrogen and oxygen atoms in total. The van der Waals surface area contributed by atoms with Gasteiger partial charge in [-0.05, 0) is 56.7 Å². The summed E-state index contributed by atoms with van der Waals surface area (Å²) in [5.74, 6) is -0.107. The lowest BCUT2D eigenvalue weighted by Crippen LogP contribution is -2.49. The summed E-state index contributed by atoms with van der Waals surface area (Å²) in [5, 5.41) is -0.0190. The lowest BCUT2D eigenvalue weighted by Gasteiger charge is -2.42. The highest BCUT2D eigenvalue weighted by molar-refractivity contribution is 6.31. The van der Waals surface area contributed by atoms with E-state index < -0.39 is 5.82 Å². The number of ether oxygens (including phenoxy) is 2. The molecule has 0 unspecified atom stereocenters. The molecule has 2 saturated heterocycles. The minimum absolute atomic E-state index is 0.0190. The highest BCUT2D eigenvalue weighted by atomic mass is 35.5. The van der Waals surface area contributed by atoms with Crippen molar-refractivity contribution in [3.05, 3.63) is 34.6 Å². The number of piperidine rings is 1. The van der Waals surface area contributed by atoms with E-state index in [9.17, 15) is 9.18 Å². The number of benzene rings is 1. The maximum absolute atomic E-state index is 13.3. The zero-order valence-electron chi connectivity index (χ0n) is 14.6. The van der Waals surface area contributed by atoms with Crippen LogP contribution < -0.4 is 0 Å². The molecule has 1 aromatic rings. The number of hydrogen-bond acceptors (Lipinski definition) is 3. The molecule has 25 heavy (non-hydrogen) atoms. The second-order valence-electron chi connectivity index (χ2n) is 6.81. The maximum Gasteiger partial charge on any atom is 0.253 e.